The fourth-order valence-corrected chi connectivity index (χ4v) is 2.21. The van der Waals surface area contributed by atoms with E-state index in [9.17, 15) is 0 Å². The lowest BCUT2D eigenvalue weighted by Crippen LogP contribution is -2.25. The molecule has 0 aromatic carbocycles. The zero-order valence-electron chi connectivity index (χ0n) is 9.43. The van der Waals surface area contributed by atoms with E-state index < -0.39 is 0 Å². The first-order valence-electron chi connectivity index (χ1n) is 5.21. The Morgan fingerprint density at radius 1 is 1.44 bits per heavy atom. The van der Waals surface area contributed by atoms with Crippen molar-refractivity contribution in [3.05, 3.63) is 33.9 Å². The van der Waals surface area contributed by atoms with Crippen LogP contribution in [0.2, 0.25) is 0 Å². The smallest absolute Gasteiger partial charge is 0.196 e. The van der Waals surface area contributed by atoms with E-state index in [0.717, 1.165) is 23.8 Å². The van der Waals surface area contributed by atoms with Crippen molar-refractivity contribution in [3.8, 4) is 0 Å². The molecule has 86 valence electrons. The minimum Gasteiger partial charge on any atom is -0.446 e. The SMILES string of the molecule is Cc1nc(CC(N)Cc2cncs2)oc1C. The fraction of sp³-hybridized carbons (Fsp3) is 0.455. The summed E-state index contributed by atoms with van der Waals surface area (Å²) in [4.78, 5) is 9.55. The van der Waals surface area contributed by atoms with Crippen LogP contribution in [0.15, 0.2) is 16.1 Å². The normalized spacial score (nSPS) is 12.9. The van der Waals surface area contributed by atoms with Crippen LogP contribution in [0.5, 0.6) is 0 Å². The molecule has 4 nitrogen and oxygen atoms in total. The molecule has 0 aliphatic rings. The molecule has 1 atom stereocenters. The van der Waals surface area contributed by atoms with E-state index in [2.05, 4.69) is 9.97 Å². The number of rotatable bonds is 4. The monoisotopic (exact) mass is 237 g/mol. The van der Waals surface area contributed by atoms with E-state index in [0.29, 0.717) is 6.42 Å². The molecule has 2 heterocycles. The molecule has 1 unspecified atom stereocenters. The van der Waals surface area contributed by atoms with Crippen LogP contribution in [0.25, 0.3) is 0 Å². The average Bonchev–Trinajstić information content (AvgIpc) is 2.78. The Hall–Kier alpha value is -1.20. The quantitative estimate of drug-likeness (QED) is 0.881. The largest absolute Gasteiger partial charge is 0.446 e. The second-order valence-corrected chi connectivity index (χ2v) is 4.86. The minimum absolute atomic E-state index is 0.0397. The lowest BCUT2D eigenvalue weighted by atomic mass is 10.1. The second-order valence-electron chi connectivity index (χ2n) is 3.89. The predicted molar refractivity (Wildman–Crippen MR) is 63.5 cm³/mol. The van der Waals surface area contributed by atoms with E-state index in [-0.39, 0.29) is 6.04 Å². The molecule has 2 aromatic heterocycles. The number of aromatic nitrogens is 2. The summed E-state index contributed by atoms with van der Waals surface area (Å²) < 4.78 is 5.50. The van der Waals surface area contributed by atoms with Crippen LogP contribution < -0.4 is 5.73 Å². The van der Waals surface area contributed by atoms with E-state index >= 15 is 0 Å². The number of oxazole rings is 1. The number of hydrogen-bond donors (Lipinski definition) is 1. The summed E-state index contributed by atoms with van der Waals surface area (Å²) in [5.41, 5.74) is 8.80. The van der Waals surface area contributed by atoms with Gasteiger partial charge in [-0.25, -0.2) is 4.98 Å². The van der Waals surface area contributed by atoms with Crippen molar-refractivity contribution in [3.63, 3.8) is 0 Å². The molecule has 0 spiro atoms. The van der Waals surface area contributed by atoms with Crippen molar-refractivity contribution in [2.24, 2.45) is 5.73 Å². The van der Waals surface area contributed by atoms with Gasteiger partial charge in [0, 0.05) is 23.5 Å². The summed E-state index contributed by atoms with van der Waals surface area (Å²) in [6.45, 7) is 3.86. The van der Waals surface area contributed by atoms with Gasteiger partial charge in [-0.15, -0.1) is 11.3 Å². The Balaban J connectivity index is 1.94. The molecule has 0 aliphatic heterocycles. The van der Waals surface area contributed by atoms with Gasteiger partial charge in [0.25, 0.3) is 0 Å². The molecule has 2 N–H and O–H groups in total. The molecule has 0 aliphatic carbocycles. The van der Waals surface area contributed by atoms with Crippen LogP contribution >= 0.6 is 11.3 Å². The molecule has 16 heavy (non-hydrogen) atoms. The van der Waals surface area contributed by atoms with Gasteiger partial charge in [-0.2, -0.15) is 0 Å². The number of hydrogen-bond acceptors (Lipinski definition) is 5. The summed E-state index contributed by atoms with van der Waals surface area (Å²) in [6.07, 6.45) is 3.36. The molecule has 0 bridgehead atoms. The maximum atomic E-state index is 6.04. The number of aryl methyl sites for hydroxylation is 2. The molecular weight excluding hydrogens is 222 g/mol. The minimum atomic E-state index is 0.0397. The average molecular weight is 237 g/mol. The number of nitrogens with zero attached hydrogens (tertiary/aromatic N) is 2. The van der Waals surface area contributed by atoms with Gasteiger partial charge in [0.1, 0.15) is 5.76 Å². The van der Waals surface area contributed by atoms with E-state index in [1.54, 1.807) is 11.3 Å². The first kappa shape index (κ1) is 11.3. The van der Waals surface area contributed by atoms with Gasteiger partial charge in [0.05, 0.1) is 11.2 Å². The van der Waals surface area contributed by atoms with Crippen LogP contribution in [0.3, 0.4) is 0 Å². The third kappa shape index (κ3) is 2.68. The third-order valence-electron chi connectivity index (χ3n) is 2.46. The zero-order chi connectivity index (χ0) is 11.5. The van der Waals surface area contributed by atoms with Crippen LogP contribution in [-0.4, -0.2) is 16.0 Å². The third-order valence-corrected chi connectivity index (χ3v) is 3.26. The van der Waals surface area contributed by atoms with Crippen LogP contribution in [0.4, 0.5) is 0 Å². The van der Waals surface area contributed by atoms with E-state index in [1.165, 1.54) is 4.88 Å². The Morgan fingerprint density at radius 3 is 2.81 bits per heavy atom. The van der Waals surface area contributed by atoms with Gasteiger partial charge < -0.3 is 10.2 Å². The summed E-state index contributed by atoms with van der Waals surface area (Å²) in [5.74, 6) is 1.60. The van der Waals surface area contributed by atoms with Crippen molar-refractivity contribution in [2.45, 2.75) is 32.7 Å². The summed E-state index contributed by atoms with van der Waals surface area (Å²) in [7, 11) is 0. The number of nitrogens with two attached hydrogens (primary N) is 1. The first-order valence-corrected chi connectivity index (χ1v) is 6.09. The second kappa shape index (κ2) is 4.76. The van der Waals surface area contributed by atoms with Crippen molar-refractivity contribution < 1.29 is 4.42 Å². The molecule has 0 fully saturated rings. The van der Waals surface area contributed by atoms with Gasteiger partial charge in [-0.05, 0) is 20.3 Å². The van der Waals surface area contributed by atoms with Crippen molar-refractivity contribution in [1.82, 2.24) is 9.97 Å². The van der Waals surface area contributed by atoms with Crippen LogP contribution in [0.1, 0.15) is 22.2 Å². The van der Waals surface area contributed by atoms with Gasteiger partial charge >= 0.3 is 0 Å². The van der Waals surface area contributed by atoms with Crippen LogP contribution in [-0.2, 0) is 12.8 Å². The molecule has 2 aromatic rings. The highest BCUT2D eigenvalue weighted by atomic mass is 32.1. The Labute approximate surface area is 98.5 Å². The highest BCUT2D eigenvalue weighted by molar-refractivity contribution is 7.09. The van der Waals surface area contributed by atoms with Crippen molar-refractivity contribution in [2.75, 3.05) is 0 Å². The summed E-state index contributed by atoms with van der Waals surface area (Å²) in [6, 6.07) is 0.0397. The van der Waals surface area contributed by atoms with Crippen molar-refractivity contribution in [1.29, 1.82) is 0 Å². The molecule has 0 radical (unpaired) electrons. The highest BCUT2D eigenvalue weighted by Crippen LogP contribution is 2.13. The lowest BCUT2D eigenvalue weighted by Gasteiger charge is -2.06. The molecule has 0 saturated heterocycles. The van der Waals surface area contributed by atoms with E-state index in [1.807, 2.05) is 25.6 Å². The van der Waals surface area contributed by atoms with Crippen LogP contribution in [0, 0.1) is 13.8 Å². The predicted octanol–water partition coefficient (Wildman–Crippen LogP) is 1.86. The standard InChI is InChI=1S/C11H15N3OS/c1-7-8(2)15-11(14-7)4-9(12)3-10-5-13-6-16-10/h5-6,9H,3-4,12H2,1-2H3. The molecular formula is C11H15N3OS. The van der Waals surface area contributed by atoms with E-state index in [4.69, 9.17) is 10.2 Å². The first-order chi connectivity index (χ1) is 7.65. The van der Waals surface area contributed by atoms with Gasteiger partial charge in [-0.3, -0.25) is 4.98 Å². The maximum absolute atomic E-state index is 6.04. The Morgan fingerprint density at radius 2 is 2.25 bits per heavy atom. The molecule has 5 heteroatoms. The van der Waals surface area contributed by atoms with Gasteiger partial charge in [0.15, 0.2) is 5.89 Å². The topological polar surface area (TPSA) is 64.9 Å². The Bertz CT molecular complexity index is 430. The molecule has 0 saturated carbocycles. The van der Waals surface area contributed by atoms with Gasteiger partial charge in [0.2, 0.25) is 0 Å². The van der Waals surface area contributed by atoms with Crippen molar-refractivity contribution >= 4 is 11.3 Å². The summed E-state index contributed by atoms with van der Waals surface area (Å²) >= 11 is 1.63. The Kier molecular flexibility index (Phi) is 3.36. The molecule has 0 amide bonds. The summed E-state index contributed by atoms with van der Waals surface area (Å²) in [5, 5.41) is 0. The fourth-order valence-electron chi connectivity index (χ4n) is 1.52. The molecule has 2 rings (SSSR count). The maximum Gasteiger partial charge on any atom is 0.196 e. The zero-order valence-corrected chi connectivity index (χ0v) is 10.3. The number of thiazole rings is 1. The lowest BCUT2D eigenvalue weighted by molar-refractivity contribution is 0.450. The highest BCUT2D eigenvalue weighted by Gasteiger charge is 2.11. The van der Waals surface area contributed by atoms with Gasteiger partial charge in [-0.1, -0.05) is 0 Å².